The molecule has 1 aliphatic heterocycles. The number of para-hydroxylation sites is 1. The van der Waals surface area contributed by atoms with Gasteiger partial charge in [-0.15, -0.1) is 5.10 Å². The SMILES string of the molecule is CN(c1cnnc(Nc2ccccc2F)n1)C1CCS(=O)(=O)C1. The van der Waals surface area contributed by atoms with Crippen LogP contribution in [0.5, 0.6) is 0 Å². The summed E-state index contributed by atoms with van der Waals surface area (Å²) in [5.74, 6) is 0.503. The number of aromatic nitrogens is 3. The van der Waals surface area contributed by atoms with Gasteiger partial charge in [0.1, 0.15) is 5.82 Å². The van der Waals surface area contributed by atoms with Crippen molar-refractivity contribution in [2.75, 3.05) is 28.8 Å². The van der Waals surface area contributed by atoms with Gasteiger partial charge in [-0.1, -0.05) is 12.1 Å². The Kier molecular flexibility index (Phi) is 4.12. The third-order valence-electron chi connectivity index (χ3n) is 3.78. The molecule has 1 N–H and O–H groups in total. The van der Waals surface area contributed by atoms with E-state index in [-0.39, 0.29) is 29.2 Å². The maximum atomic E-state index is 13.6. The molecular weight excluding hydrogens is 321 g/mol. The fraction of sp³-hybridized carbons (Fsp3) is 0.357. The number of nitrogens with one attached hydrogen (secondary N) is 1. The third-order valence-corrected chi connectivity index (χ3v) is 5.53. The highest BCUT2D eigenvalue weighted by molar-refractivity contribution is 7.91. The van der Waals surface area contributed by atoms with E-state index in [9.17, 15) is 12.8 Å². The molecule has 1 aliphatic rings. The fourth-order valence-corrected chi connectivity index (χ4v) is 4.24. The zero-order chi connectivity index (χ0) is 16.4. The van der Waals surface area contributed by atoms with E-state index in [4.69, 9.17) is 0 Å². The number of hydrogen-bond acceptors (Lipinski definition) is 7. The monoisotopic (exact) mass is 337 g/mol. The largest absolute Gasteiger partial charge is 0.354 e. The summed E-state index contributed by atoms with van der Waals surface area (Å²) in [4.78, 5) is 6.05. The summed E-state index contributed by atoms with van der Waals surface area (Å²) in [5.41, 5.74) is 0.248. The molecule has 2 aromatic rings. The average molecular weight is 337 g/mol. The molecule has 23 heavy (non-hydrogen) atoms. The van der Waals surface area contributed by atoms with E-state index in [0.29, 0.717) is 12.2 Å². The second-order valence-electron chi connectivity index (χ2n) is 5.41. The minimum absolute atomic E-state index is 0.101. The highest BCUT2D eigenvalue weighted by atomic mass is 32.2. The van der Waals surface area contributed by atoms with Crippen molar-refractivity contribution in [3.05, 3.63) is 36.3 Å². The predicted octanol–water partition coefficient (Wildman–Crippen LogP) is 1.38. The van der Waals surface area contributed by atoms with Crippen molar-refractivity contribution >= 4 is 27.3 Å². The lowest BCUT2D eigenvalue weighted by Gasteiger charge is -2.24. The van der Waals surface area contributed by atoms with E-state index in [1.165, 1.54) is 12.3 Å². The van der Waals surface area contributed by atoms with Gasteiger partial charge in [-0.3, -0.25) is 0 Å². The molecule has 0 amide bonds. The van der Waals surface area contributed by atoms with Gasteiger partial charge in [0, 0.05) is 13.1 Å². The van der Waals surface area contributed by atoms with Crippen LogP contribution in [0.2, 0.25) is 0 Å². The van der Waals surface area contributed by atoms with E-state index in [0.717, 1.165) is 0 Å². The first kappa shape index (κ1) is 15.6. The van der Waals surface area contributed by atoms with Crippen LogP contribution in [-0.4, -0.2) is 48.2 Å². The van der Waals surface area contributed by atoms with Crippen molar-refractivity contribution in [2.45, 2.75) is 12.5 Å². The van der Waals surface area contributed by atoms with E-state index < -0.39 is 15.7 Å². The smallest absolute Gasteiger partial charge is 0.249 e. The van der Waals surface area contributed by atoms with Crippen molar-refractivity contribution in [3.63, 3.8) is 0 Å². The fourth-order valence-electron chi connectivity index (χ4n) is 2.47. The number of halogens is 1. The Morgan fingerprint density at radius 1 is 1.35 bits per heavy atom. The molecule has 0 aliphatic carbocycles. The molecule has 1 atom stereocenters. The van der Waals surface area contributed by atoms with Crippen LogP contribution in [0, 0.1) is 5.82 Å². The summed E-state index contributed by atoms with van der Waals surface area (Å²) in [6, 6.07) is 6.04. The standard InChI is InChI=1S/C14H16FN5O2S/c1-20(10-6-7-23(21,22)9-10)13-8-16-19-14(18-13)17-12-5-3-2-4-11(12)15/h2-5,8,10H,6-7,9H2,1H3,(H,17,18,19). The van der Waals surface area contributed by atoms with Gasteiger partial charge in [0.15, 0.2) is 15.7 Å². The molecule has 1 aromatic heterocycles. The molecule has 9 heteroatoms. The highest BCUT2D eigenvalue weighted by Gasteiger charge is 2.31. The summed E-state index contributed by atoms with van der Waals surface area (Å²) in [6.07, 6.45) is 2.01. The number of sulfone groups is 1. The first-order valence-corrected chi connectivity index (χ1v) is 8.91. The molecule has 0 saturated carbocycles. The van der Waals surface area contributed by atoms with Crippen LogP contribution in [0.3, 0.4) is 0 Å². The highest BCUT2D eigenvalue weighted by Crippen LogP contribution is 2.22. The second kappa shape index (κ2) is 6.07. The number of anilines is 3. The molecule has 0 radical (unpaired) electrons. The predicted molar refractivity (Wildman–Crippen MR) is 85.0 cm³/mol. The maximum Gasteiger partial charge on any atom is 0.249 e. The van der Waals surface area contributed by atoms with Gasteiger partial charge in [-0.25, -0.2) is 12.8 Å². The minimum atomic E-state index is -2.98. The van der Waals surface area contributed by atoms with Gasteiger partial charge < -0.3 is 10.2 Å². The number of benzene rings is 1. The average Bonchev–Trinajstić information content (AvgIpc) is 2.89. The van der Waals surface area contributed by atoms with E-state index >= 15 is 0 Å². The Bertz CT molecular complexity index is 814. The Balaban J connectivity index is 1.79. The van der Waals surface area contributed by atoms with Crippen LogP contribution < -0.4 is 10.2 Å². The maximum absolute atomic E-state index is 13.6. The Morgan fingerprint density at radius 2 is 2.13 bits per heavy atom. The molecule has 3 rings (SSSR count). The van der Waals surface area contributed by atoms with Crippen LogP contribution >= 0.6 is 0 Å². The lowest BCUT2D eigenvalue weighted by molar-refractivity contribution is 0.600. The molecule has 1 saturated heterocycles. The number of hydrogen-bond donors (Lipinski definition) is 1. The van der Waals surface area contributed by atoms with Gasteiger partial charge in [-0.2, -0.15) is 10.1 Å². The lowest BCUT2D eigenvalue weighted by atomic mass is 10.2. The number of nitrogens with zero attached hydrogens (tertiary/aromatic N) is 4. The Labute approximate surface area is 133 Å². The Morgan fingerprint density at radius 3 is 2.83 bits per heavy atom. The molecule has 122 valence electrons. The quantitative estimate of drug-likeness (QED) is 0.901. The van der Waals surface area contributed by atoms with Gasteiger partial charge in [-0.05, 0) is 18.6 Å². The zero-order valence-corrected chi connectivity index (χ0v) is 13.3. The summed E-state index contributed by atoms with van der Waals surface area (Å²) in [7, 11) is -1.22. The summed E-state index contributed by atoms with van der Waals surface area (Å²) in [6.45, 7) is 0. The van der Waals surface area contributed by atoms with E-state index in [1.807, 2.05) is 0 Å². The van der Waals surface area contributed by atoms with Crippen molar-refractivity contribution in [3.8, 4) is 0 Å². The topological polar surface area (TPSA) is 88.1 Å². The van der Waals surface area contributed by atoms with Gasteiger partial charge >= 0.3 is 0 Å². The van der Waals surface area contributed by atoms with Crippen LogP contribution in [0.25, 0.3) is 0 Å². The molecule has 2 heterocycles. The summed E-state index contributed by atoms with van der Waals surface area (Å²) >= 11 is 0. The van der Waals surface area contributed by atoms with Crippen LogP contribution in [0.1, 0.15) is 6.42 Å². The molecule has 1 aromatic carbocycles. The molecule has 1 unspecified atom stereocenters. The first-order valence-electron chi connectivity index (χ1n) is 7.09. The normalized spacial score (nSPS) is 19.5. The van der Waals surface area contributed by atoms with Crippen LogP contribution in [-0.2, 0) is 9.84 Å². The van der Waals surface area contributed by atoms with Crippen LogP contribution in [0.4, 0.5) is 21.8 Å². The van der Waals surface area contributed by atoms with Gasteiger partial charge in [0.2, 0.25) is 5.95 Å². The van der Waals surface area contributed by atoms with E-state index in [1.54, 1.807) is 30.1 Å². The van der Waals surface area contributed by atoms with Crippen molar-refractivity contribution < 1.29 is 12.8 Å². The van der Waals surface area contributed by atoms with Gasteiger partial charge in [0.05, 0.1) is 23.4 Å². The molecule has 0 spiro atoms. The van der Waals surface area contributed by atoms with Crippen molar-refractivity contribution in [1.82, 2.24) is 15.2 Å². The minimum Gasteiger partial charge on any atom is -0.354 e. The van der Waals surface area contributed by atoms with Crippen molar-refractivity contribution in [1.29, 1.82) is 0 Å². The first-order chi connectivity index (χ1) is 10.9. The van der Waals surface area contributed by atoms with Crippen LogP contribution in [0.15, 0.2) is 30.5 Å². The molecule has 1 fully saturated rings. The second-order valence-corrected chi connectivity index (χ2v) is 7.64. The van der Waals surface area contributed by atoms with Gasteiger partial charge in [0.25, 0.3) is 0 Å². The summed E-state index contributed by atoms with van der Waals surface area (Å²) in [5, 5.41) is 10.4. The molecule has 0 bridgehead atoms. The Hall–Kier alpha value is -2.29. The molecular formula is C14H16FN5O2S. The number of rotatable bonds is 4. The lowest BCUT2D eigenvalue weighted by Crippen LogP contribution is -2.33. The summed E-state index contributed by atoms with van der Waals surface area (Å²) < 4.78 is 36.8. The van der Waals surface area contributed by atoms with Crippen molar-refractivity contribution in [2.24, 2.45) is 0 Å². The molecule has 7 nitrogen and oxygen atoms in total. The van der Waals surface area contributed by atoms with E-state index in [2.05, 4.69) is 20.5 Å². The third kappa shape index (κ3) is 3.55. The zero-order valence-electron chi connectivity index (χ0n) is 12.5.